The summed E-state index contributed by atoms with van der Waals surface area (Å²) in [6.45, 7) is -0.178. The predicted octanol–water partition coefficient (Wildman–Crippen LogP) is 2.43. The summed E-state index contributed by atoms with van der Waals surface area (Å²) in [6, 6.07) is 14.0. The number of amides is 1. The zero-order valence-corrected chi connectivity index (χ0v) is 13.6. The minimum absolute atomic E-state index is 0.209. The van der Waals surface area contributed by atoms with E-state index in [-0.39, 0.29) is 19.0 Å². The van der Waals surface area contributed by atoms with Crippen molar-refractivity contribution in [2.24, 2.45) is 0 Å². The average Bonchev–Trinajstić information content (AvgIpc) is 2.60. The third-order valence-electron chi connectivity index (χ3n) is 3.46. The van der Waals surface area contributed by atoms with Crippen molar-refractivity contribution < 1.29 is 24.2 Å². The number of hydrogen-bond acceptors (Lipinski definition) is 4. The third kappa shape index (κ3) is 4.25. The van der Waals surface area contributed by atoms with Gasteiger partial charge in [-0.05, 0) is 23.8 Å². The van der Waals surface area contributed by atoms with E-state index in [0.29, 0.717) is 17.1 Å². The van der Waals surface area contributed by atoms with Crippen LogP contribution >= 0.6 is 0 Å². The Morgan fingerprint density at radius 3 is 2.25 bits per heavy atom. The highest BCUT2D eigenvalue weighted by Gasteiger charge is 2.20. The van der Waals surface area contributed by atoms with Crippen LogP contribution in [0.25, 0.3) is 0 Å². The number of methoxy groups -OCH3 is 2. The second-order valence-corrected chi connectivity index (χ2v) is 5.11. The third-order valence-corrected chi connectivity index (χ3v) is 3.46. The van der Waals surface area contributed by atoms with Gasteiger partial charge in [0.2, 0.25) is 0 Å². The first kappa shape index (κ1) is 17.3. The summed E-state index contributed by atoms with van der Waals surface area (Å²) >= 11 is 0. The molecule has 0 unspecified atom stereocenters. The molecule has 0 atom stereocenters. The van der Waals surface area contributed by atoms with Crippen LogP contribution in [0.3, 0.4) is 0 Å². The fourth-order valence-electron chi connectivity index (χ4n) is 2.32. The molecule has 1 N–H and O–H groups in total. The number of carboxylic acid groups (broad SMARTS) is 1. The van der Waals surface area contributed by atoms with Crippen LogP contribution in [0.1, 0.15) is 15.9 Å². The average molecular weight is 329 g/mol. The minimum atomic E-state index is -1.07. The lowest BCUT2D eigenvalue weighted by Crippen LogP contribution is -2.35. The molecule has 6 heteroatoms. The lowest BCUT2D eigenvalue weighted by atomic mass is 10.1. The molecule has 0 spiro atoms. The number of carboxylic acids is 1. The zero-order valence-electron chi connectivity index (χ0n) is 13.6. The highest BCUT2D eigenvalue weighted by Crippen LogP contribution is 2.28. The van der Waals surface area contributed by atoms with Crippen LogP contribution in [-0.2, 0) is 11.3 Å². The maximum Gasteiger partial charge on any atom is 0.323 e. The Hall–Kier alpha value is -3.02. The monoisotopic (exact) mass is 329 g/mol. The van der Waals surface area contributed by atoms with Crippen molar-refractivity contribution in [2.45, 2.75) is 6.54 Å². The standard InChI is InChI=1S/C18H19NO5/c1-23-15-9-8-14(10-16(15)24-2)18(22)19(12-17(20)21)11-13-6-4-3-5-7-13/h3-10H,11-12H2,1-2H3,(H,20,21). The van der Waals surface area contributed by atoms with Gasteiger partial charge in [0.1, 0.15) is 6.54 Å². The molecule has 24 heavy (non-hydrogen) atoms. The Bertz CT molecular complexity index is 715. The number of aliphatic carboxylic acids is 1. The van der Waals surface area contributed by atoms with Crippen LogP contribution in [0.15, 0.2) is 48.5 Å². The quantitative estimate of drug-likeness (QED) is 0.844. The van der Waals surface area contributed by atoms with Crippen molar-refractivity contribution >= 4 is 11.9 Å². The molecular weight excluding hydrogens is 310 g/mol. The summed E-state index contributed by atoms with van der Waals surface area (Å²) in [6.07, 6.45) is 0. The van der Waals surface area contributed by atoms with E-state index in [1.165, 1.54) is 19.1 Å². The molecule has 0 bridgehead atoms. The summed E-state index contributed by atoms with van der Waals surface area (Å²) in [5.41, 5.74) is 1.19. The van der Waals surface area contributed by atoms with Crippen molar-refractivity contribution in [3.63, 3.8) is 0 Å². The molecule has 1 amide bonds. The molecule has 0 aliphatic heterocycles. The Morgan fingerprint density at radius 1 is 1.00 bits per heavy atom. The molecule has 0 saturated carbocycles. The van der Waals surface area contributed by atoms with Crippen LogP contribution in [0.2, 0.25) is 0 Å². The van der Waals surface area contributed by atoms with Crippen molar-refractivity contribution in [1.82, 2.24) is 4.90 Å². The lowest BCUT2D eigenvalue weighted by Gasteiger charge is -2.21. The first-order valence-electron chi connectivity index (χ1n) is 7.32. The molecule has 0 saturated heterocycles. The maximum atomic E-state index is 12.7. The van der Waals surface area contributed by atoms with Crippen LogP contribution < -0.4 is 9.47 Å². The Morgan fingerprint density at radius 2 is 1.67 bits per heavy atom. The summed E-state index contributed by atoms with van der Waals surface area (Å²) in [5.74, 6) is -0.540. The number of rotatable bonds is 7. The number of hydrogen-bond donors (Lipinski definition) is 1. The van der Waals surface area contributed by atoms with Gasteiger partial charge < -0.3 is 19.5 Å². The molecule has 0 aliphatic carbocycles. The van der Waals surface area contributed by atoms with E-state index < -0.39 is 5.97 Å². The first-order valence-corrected chi connectivity index (χ1v) is 7.32. The SMILES string of the molecule is COc1ccc(C(=O)N(CC(=O)O)Cc2ccccc2)cc1OC. The van der Waals surface area contributed by atoms with Gasteiger partial charge in [0.05, 0.1) is 14.2 Å². The number of nitrogens with zero attached hydrogens (tertiary/aromatic N) is 1. The van der Waals surface area contributed by atoms with Crippen molar-refractivity contribution in [1.29, 1.82) is 0 Å². The predicted molar refractivity (Wildman–Crippen MR) is 88.4 cm³/mol. The van der Waals surface area contributed by atoms with Gasteiger partial charge in [-0.25, -0.2) is 0 Å². The van der Waals surface area contributed by atoms with Crippen LogP contribution in [-0.4, -0.2) is 42.6 Å². The minimum Gasteiger partial charge on any atom is -0.493 e. The van der Waals surface area contributed by atoms with Gasteiger partial charge in [-0.2, -0.15) is 0 Å². The van der Waals surface area contributed by atoms with E-state index in [1.807, 2.05) is 30.3 Å². The molecule has 126 valence electrons. The van der Waals surface area contributed by atoms with E-state index >= 15 is 0 Å². The second kappa shape index (κ2) is 8.01. The molecule has 0 fully saturated rings. The fraction of sp³-hybridized carbons (Fsp3) is 0.222. The highest BCUT2D eigenvalue weighted by atomic mass is 16.5. The van der Waals surface area contributed by atoms with Crippen molar-refractivity contribution in [2.75, 3.05) is 20.8 Å². The van der Waals surface area contributed by atoms with Gasteiger partial charge in [-0.15, -0.1) is 0 Å². The van der Waals surface area contributed by atoms with Gasteiger partial charge in [-0.3, -0.25) is 9.59 Å². The summed E-state index contributed by atoms with van der Waals surface area (Å²) < 4.78 is 10.3. The Labute approximate surface area is 140 Å². The van der Waals surface area contributed by atoms with Gasteiger partial charge >= 0.3 is 5.97 Å². The molecular formula is C18H19NO5. The van der Waals surface area contributed by atoms with E-state index in [1.54, 1.807) is 18.2 Å². The van der Waals surface area contributed by atoms with Gasteiger partial charge in [0.15, 0.2) is 11.5 Å². The molecule has 2 rings (SSSR count). The molecule has 6 nitrogen and oxygen atoms in total. The lowest BCUT2D eigenvalue weighted by molar-refractivity contribution is -0.137. The van der Waals surface area contributed by atoms with Gasteiger partial charge in [0.25, 0.3) is 5.91 Å². The Kier molecular flexibility index (Phi) is 5.78. The summed E-state index contributed by atoms with van der Waals surface area (Å²) in [4.78, 5) is 25.1. The van der Waals surface area contributed by atoms with E-state index in [2.05, 4.69) is 0 Å². The molecule has 0 heterocycles. The molecule has 2 aromatic carbocycles. The topological polar surface area (TPSA) is 76.1 Å². The largest absolute Gasteiger partial charge is 0.493 e. The first-order chi connectivity index (χ1) is 11.5. The van der Waals surface area contributed by atoms with Crippen molar-refractivity contribution in [3.8, 4) is 11.5 Å². The summed E-state index contributed by atoms with van der Waals surface area (Å²) in [5, 5.41) is 9.10. The molecule has 0 radical (unpaired) electrons. The van der Waals surface area contributed by atoms with E-state index in [9.17, 15) is 9.59 Å². The fourth-order valence-corrected chi connectivity index (χ4v) is 2.32. The number of benzene rings is 2. The van der Waals surface area contributed by atoms with Crippen LogP contribution in [0.4, 0.5) is 0 Å². The number of carbonyl (C=O) groups excluding carboxylic acids is 1. The molecule has 0 aliphatic rings. The van der Waals surface area contributed by atoms with Crippen molar-refractivity contribution in [3.05, 3.63) is 59.7 Å². The maximum absolute atomic E-state index is 12.7. The molecule has 2 aromatic rings. The zero-order chi connectivity index (χ0) is 17.5. The normalized spacial score (nSPS) is 10.1. The van der Waals surface area contributed by atoms with Crippen LogP contribution in [0, 0.1) is 0 Å². The number of carbonyl (C=O) groups is 2. The highest BCUT2D eigenvalue weighted by molar-refractivity contribution is 5.96. The van der Waals surface area contributed by atoms with Gasteiger partial charge in [-0.1, -0.05) is 30.3 Å². The molecule has 0 aromatic heterocycles. The van der Waals surface area contributed by atoms with E-state index in [0.717, 1.165) is 5.56 Å². The van der Waals surface area contributed by atoms with Gasteiger partial charge in [0, 0.05) is 12.1 Å². The van der Waals surface area contributed by atoms with Crippen LogP contribution in [0.5, 0.6) is 11.5 Å². The Balaban J connectivity index is 2.28. The second-order valence-electron chi connectivity index (χ2n) is 5.11. The smallest absolute Gasteiger partial charge is 0.323 e. The van der Waals surface area contributed by atoms with E-state index in [4.69, 9.17) is 14.6 Å². The summed E-state index contributed by atoms with van der Waals surface area (Å²) in [7, 11) is 2.98. The number of ether oxygens (including phenoxy) is 2.